The molecule has 20 heavy (non-hydrogen) atoms. The van der Waals surface area contributed by atoms with Gasteiger partial charge in [-0.2, -0.15) is 0 Å². The number of carbonyl (C=O) groups excluding carboxylic acids is 1. The lowest BCUT2D eigenvalue weighted by Crippen LogP contribution is -2.28. The van der Waals surface area contributed by atoms with Gasteiger partial charge in [-0.1, -0.05) is 30.3 Å². The van der Waals surface area contributed by atoms with Crippen LogP contribution in [0.25, 0.3) is 0 Å². The van der Waals surface area contributed by atoms with E-state index in [-0.39, 0.29) is 23.0 Å². The minimum atomic E-state index is -0.265. The Kier molecular flexibility index (Phi) is 4.25. The zero-order valence-corrected chi connectivity index (χ0v) is 11.3. The Morgan fingerprint density at radius 2 is 1.80 bits per heavy atom. The van der Waals surface area contributed by atoms with Crippen molar-refractivity contribution in [1.29, 1.82) is 0 Å². The highest BCUT2D eigenvalue weighted by atomic mass is 16.3. The van der Waals surface area contributed by atoms with Crippen molar-refractivity contribution in [2.24, 2.45) is 0 Å². The Balaban J connectivity index is 2.01. The largest absolute Gasteiger partial charge is 0.508 e. The first-order valence-electron chi connectivity index (χ1n) is 6.39. The van der Waals surface area contributed by atoms with E-state index in [0.717, 1.165) is 18.1 Å². The van der Waals surface area contributed by atoms with Gasteiger partial charge in [0.25, 0.3) is 5.91 Å². The summed E-state index contributed by atoms with van der Waals surface area (Å²) in [7, 11) is 1.69. The molecule has 0 aliphatic carbocycles. The fourth-order valence-electron chi connectivity index (χ4n) is 1.95. The van der Waals surface area contributed by atoms with E-state index in [1.807, 2.05) is 30.3 Å². The van der Waals surface area contributed by atoms with Crippen molar-refractivity contribution in [2.45, 2.75) is 6.42 Å². The molecular weight excluding hydrogens is 254 g/mol. The number of nitrogens with zero attached hydrogens (tertiary/aromatic N) is 1. The van der Waals surface area contributed by atoms with Crippen LogP contribution in [0.3, 0.4) is 0 Å². The Morgan fingerprint density at radius 1 is 1.10 bits per heavy atom. The van der Waals surface area contributed by atoms with Gasteiger partial charge in [0.1, 0.15) is 11.5 Å². The topological polar surface area (TPSA) is 60.8 Å². The zero-order chi connectivity index (χ0) is 14.5. The molecule has 0 fully saturated rings. The second-order valence-electron chi connectivity index (χ2n) is 4.66. The van der Waals surface area contributed by atoms with Crippen LogP contribution in [0.4, 0.5) is 0 Å². The van der Waals surface area contributed by atoms with Crippen molar-refractivity contribution in [3.63, 3.8) is 0 Å². The van der Waals surface area contributed by atoms with Crippen molar-refractivity contribution in [3.05, 3.63) is 59.7 Å². The Labute approximate surface area is 117 Å². The second kappa shape index (κ2) is 6.10. The molecule has 2 N–H and O–H groups in total. The highest BCUT2D eigenvalue weighted by molar-refractivity contribution is 5.96. The Bertz CT molecular complexity index is 596. The van der Waals surface area contributed by atoms with Gasteiger partial charge in [0.15, 0.2) is 0 Å². The van der Waals surface area contributed by atoms with E-state index in [1.165, 1.54) is 12.1 Å². The van der Waals surface area contributed by atoms with Gasteiger partial charge in [0, 0.05) is 19.7 Å². The normalized spacial score (nSPS) is 10.2. The van der Waals surface area contributed by atoms with Crippen LogP contribution in [0.15, 0.2) is 48.5 Å². The van der Waals surface area contributed by atoms with E-state index >= 15 is 0 Å². The molecule has 0 heterocycles. The molecule has 2 aromatic carbocycles. The molecule has 0 unspecified atom stereocenters. The Morgan fingerprint density at radius 3 is 2.45 bits per heavy atom. The molecule has 2 rings (SSSR count). The predicted molar refractivity (Wildman–Crippen MR) is 76.9 cm³/mol. The summed E-state index contributed by atoms with van der Waals surface area (Å²) in [5, 5.41) is 18.9. The zero-order valence-electron chi connectivity index (χ0n) is 11.3. The number of phenolic OH excluding ortho intramolecular Hbond substituents is 2. The van der Waals surface area contributed by atoms with Gasteiger partial charge in [-0.15, -0.1) is 0 Å². The molecule has 1 amide bonds. The molecule has 0 saturated carbocycles. The van der Waals surface area contributed by atoms with E-state index in [4.69, 9.17) is 0 Å². The highest BCUT2D eigenvalue weighted by Crippen LogP contribution is 2.23. The number of hydrogen-bond acceptors (Lipinski definition) is 3. The Hall–Kier alpha value is -2.49. The summed E-state index contributed by atoms with van der Waals surface area (Å²) in [6.45, 7) is 0.559. The van der Waals surface area contributed by atoms with Crippen LogP contribution < -0.4 is 0 Å². The monoisotopic (exact) mass is 271 g/mol. The maximum atomic E-state index is 12.2. The molecule has 0 saturated heterocycles. The third-order valence-corrected chi connectivity index (χ3v) is 3.14. The summed E-state index contributed by atoms with van der Waals surface area (Å²) in [5.74, 6) is -0.536. The van der Waals surface area contributed by atoms with Gasteiger partial charge < -0.3 is 15.1 Å². The maximum absolute atomic E-state index is 12.2. The number of hydrogen-bond donors (Lipinski definition) is 2. The van der Waals surface area contributed by atoms with Crippen molar-refractivity contribution in [2.75, 3.05) is 13.6 Å². The summed E-state index contributed by atoms with van der Waals surface area (Å²) < 4.78 is 0. The predicted octanol–water partition coefficient (Wildman–Crippen LogP) is 2.41. The smallest absolute Gasteiger partial charge is 0.257 e. The number of likely N-dealkylation sites (N-methyl/N-ethyl adjacent to an activating group) is 1. The van der Waals surface area contributed by atoms with E-state index in [9.17, 15) is 15.0 Å². The van der Waals surface area contributed by atoms with E-state index < -0.39 is 0 Å². The molecule has 2 aromatic rings. The number of carbonyl (C=O) groups is 1. The van der Waals surface area contributed by atoms with Crippen LogP contribution in [0, 0.1) is 0 Å². The van der Waals surface area contributed by atoms with Crippen LogP contribution in [-0.2, 0) is 6.42 Å². The fraction of sp³-hybridized carbons (Fsp3) is 0.188. The van der Waals surface area contributed by atoms with Gasteiger partial charge in [-0.3, -0.25) is 4.79 Å². The molecular formula is C16H17NO3. The van der Waals surface area contributed by atoms with Crippen LogP contribution in [-0.4, -0.2) is 34.6 Å². The van der Waals surface area contributed by atoms with Gasteiger partial charge in [-0.05, 0) is 24.1 Å². The number of rotatable bonds is 4. The molecule has 0 aliphatic heterocycles. The highest BCUT2D eigenvalue weighted by Gasteiger charge is 2.15. The van der Waals surface area contributed by atoms with Crippen LogP contribution >= 0.6 is 0 Å². The van der Waals surface area contributed by atoms with Gasteiger partial charge >= 0.3 is 0 Å². The minimum Gasteiger partial charge on any atom is -0.508 e. The molecule has 0 bridgehead atoms. The van der Waals surface area contributed by atoms with Crippen LogP contribution in [0.5, 0.6) is 11.5 Å². The quantitative estimate of drug-likeness (QED) is 0.897. The lowest BCUT2D eigenvalue weighted by Gasteiger charge is -2.18. The average molecular weight is 271 g/mol. The first kappa shape index (κ1) is 13.9. The van der Waals surface area contributed by atoms with Gasteiger partial charge in [0.05, 0.1) is 5.56 Å². The first-order chi connectivity index (χ1) is 9.58. The second-order valence-corrected chi connectivity index (χ2v) is 4.66. The summed E-state index contributed by atoms with van der Waals surface area (Å²) in [4.78, 5) is 13.7. The van der Waals surface area contributed by atoms with Gasteiger partial charge in [-0.25, -0.2) is 0 Å². The summed E-state index contributed by atoms with van der Waals surface area (Å²) in [6.07, 6.45) is 0.752. The van der Waals surface area contributed by atoms with E-state index in [0.29, 0.717) is 6.54 Å². The molecule has 0 atom stereocenters. The van der Waals surface area contributed by atoms with Crippen molar-refractivity contribution in [3.8, 4) is 11.5 Å². The molecule has 4 nitrogen and oxygen atoms in total. The summed E-state index contributed by atoms with van der Waals surface area (Å²) >= 11 is 0. The van der Waals surface area contributed by atoms with Crippen molar-refractivity contribution in [1.82, 2.24) is 4.90 Å². The molecule has 0 spiro atoms. The summed E-state index contributed by atoms with van der Waals surface area (Å²) in [5.41, 5.74) is 1.35. The molecule has 0 radical (unpaired) electrons. The van der Waals surface area contributed by atoms with E-state index in [1.54, 1.807) is 11.9 Å². The number of benzene rings is 2. The number of phenols is 2. The third kappa shape index (κ3) is 3.29. The molecule has 4 heteroatoms. The molecule has 104 valence electrons. The number of aromatic hydroxyl groups is 2. The van der Waals surface area contributed by atoms with E-state index in [2.05, 4.69) is 0 Å². The third-order valence-electron chi connectivity index (χ3n) is 3.14. The average Bonchev–Trinajstić information content (AvgIpc) is 2.45. The fourth-order valence-corrected chi connectivity index (χ4v) is 1.95. The first-order valence-corrected chi connectivity index (χ1v) is 6.39. The molecule has 0 aromatic heterocycles. The maximum Gasteiger partial charge on any atom is 0.257 e. The standard InChI is InChI=1S/C16H17NO3/c1-17(10-9-12-5-3-2-4-6-12)16(20)14-8-7-13(18)11-15(14)19/h2-8,11,18-19H,9-10H2,1H3. The van der Waals surface area contributed by atoms with Gasteiger partial charge in [0.2, 0.25) is 0 Å². The molecule has 0 aliphatic rings. The minimum absolute atomic E-state index is 0.0639. The lowest BCUT2D eigenvalue weighted by atomic mass is 10.1. The van der Waals surface area contributed by atoms with Crippen LogP contribution in [0.2, 0.25) is 0 Å². The van der Waals surface area contributed by atoms with Crippen molar-refractivity contribution < 1.29 is 15.0 Å². The SMILES string of the molecule is CN(CCc1ccccc1)C(=O)c1ccc(O)cc1O. The summed E-state index contributed by atoms with van der Waals surface area (Å²) in [6, 6.07) is 13.9. The number of amides is 1. The van der Waals surface area contributed by atoms with Crippen LogP contribution in [0.1, 0.15) is 15.9 Å². The lowest BCUT2D eigenvalue weighted by molar-refractivity contribution is 0.0793. The van der Waals surface area contributed by atoms with Crippen molar-refractivity contribution >= 4 is 5.91 Å².